The first kappa shape index (κ1) is 17.6. The third-order valence-corrected chi connectivity index (χ3v) is 5.41. The molecule has 2 aromatic carbocycles. The van der Waals surface area contributed by atoms with Crippen molar-refractivity contribution in [1.29, 1.82) is 0 Å². The van der Waals surface area contributed by atoms with Crippen LogP contribution in [-0.2, 0) is 9.84 Å². The number of amides is 2. The number of carbonyl (C=O) groups is 1. The van der Waals surface area contributed by atoms with Gasteiger partial charge < -0.3 is 10.6 Å². The van der Waals surface area contributed by atoms with Crippen molar-refractivity contribution in [3.8, 4) is 0 Å². The Hall–Kier alpha value is -1.76. The van der Waals surface area contributed by atoms with Crippen LogP contribution in [0.25, 0.3) is 0 Å². The largest absolute Gasteiger partial charge is 0.337 e. The molecule has 0 aromatic heterocycles. The highest BCUT2D eigenvalue weighted by molar-refractivity contribution is 7.91. The van der Waals surface area contributed by atoms with E-state index in [1.807, 2.05) is 0 Å². The second kappa shape index (κ2) is 7.68. The second-order valence-corrected chi connectivity index (χ2v) is 7.57. The number of urea groups is 1. The van der Waals surface area contributed by atoms with E-state index in [0.29, 0.717) is 15.7 Å². The summed E-state index contributed by atoms with van der Waals surface area (Å²) in [5.74, 6) is -0.189. The van der Waals surface area contributed by atoms with Gasteiger partial charge in [-0.2, -0.15) is 0 Å². The highest BCUT2D eigenvalue weighted by atomic mass is 35.5. The number of carbonyl (C=O) groups excluding carboxylic acids is 1. The van der Waals surface area contributed by atoms with Crippen LogP contribution < -0.4 is 10.6 Å². The van der Waals surface area contributed by atoms with E-state index in [1.54, 1.807) is 30.3 Å². The summed E-state index contributed by atoms with van der Waals surface area (Å²) in [6, 6.07) is 12.2. The van der Waals surface area contributed by atoms with Crippen LogP contribution in [0.5, 0.6) is 0 Å². The maximum Gasteiger partial charge on any atom is 0.319 e. The molecule has 2 aromatic rings. The Morgan fingerprint density at radius 3 is 2.35 bits per heavy atom. The first-order chi connectivity index (χ1) is 10.9. The lowest BCUT2D eigenvalue weighted by molar-refractivity contribution is 0.252. The van der Waals surface area contributed by atoms with Gasteiger partial charge in [-0.25, -0.2) is 13.2 Å². The van der Waals surface area contributed by atoms with Crippen LogP contribution in [0.3, 0.4) is 0 Å². The fourth-order valence-electron chi connectivity index (χ4n) is 1.79. The normalized spacial score (nSPS) is 11.0. The van der Waals surface area contributed by atoms with Crippen molar-refractivity contribution >= 4 is 44.8 Å². The Balaban J connectivity index is 1.86. The Morgan fingerprint density at radius 2 is 1.70 bits per heavy atom. The van der Waals surface area contributed by atoms with Crippen molar-refractivity contribution < 1.29 is 13.2 Å². The lowest BCUT2D eigenvalue weighted by Crippen LogP contribution is -2.32. The first-order valence-corrected chi connectivity index (χ1v) is 9.07. The molecule has 0 aliphatic heterocycles. The summed E-state index contributed by atoms with van der Waals surface area (Å²) < 4.78 is 24.1. The highest BCUT2D eigenvalue weighted by Gasteiger charge is 2.14. The molecule has 0 atom stereocenters. The van der Waals surface area contributed by atoms with Crippen molar-refractivity contribution in [2.75, 3.05) is 17.6 Å². The molecule has 0 fully saturated rings. The highest BCUT2D eigenvalue weighted by Crippen LogP contribution is 2.24. The second-order valence-electron chi connectivity index (χ2n) is 4.64. The Kier molecular flexibility index (Phi) is 5.87. The lowest BCUT2D eigenvalue weighted by atomic mass is 10.3. The number of hydrogen-bond donors (Lipinski definition) is 2. The third kappa shape index (κ3) is 5.13. The monoisotopic (exact) mass is 372 g/mol. The Bertz CT molecular complexity index is 796. The molecule has 0 saturated heterocycles. The van der Waals surface area contributed by atoms with Gasteiger partial charge in [-0.15, -0.1) is 0 Å². The van der Waals surface area contributed by atoms with Gasteiger partial charge in [-0.1, -0.05) is 41.4 Å². The molecule has 0 aliphatic rings. The van der Waals surface area contributed by atoms with Crippen LogP contribution >= 0.6 is 23.2 Å². The van der Waals surface area contributed by atoms with Crippen molar-refractivity contribution in [3.05, 3.63) is 58.6 Å². The van der Waals surface area contributed by atoms with Gasteiger partial charge in [0.05, 0.1) is 20.7 Å². The molecule has 0 saturated carbocycles. The number of hydrogen-bond acceptors (Lipinski definition) is 3. The van der Waals surface area contributed by atoms with E-state index in [-0.39, 0.29) is 17.2 Å². The number of sulfone groups is 1. The van der Waals surface area contributed by atoms with E-state index < -0.39 is 15.9 Å². The van der Waals surface area contributed by atoms with Gasteiger partial charge >= 0.3 is 6.03 Å². The molecular weight excluding hydrogens is 359 g/mol. The van der Waals surface area contributed by atoms with Gasteiger partial charge in [0.2, 0.25) is 0 Å². The molecule has 23 heavy (non-hydrogen) atoms. The molecular formula is C15H14Cl2N2O3S. The molecule has 2 rings (SSSR count). The number of benzene rings is 2. The molecule has 8 heteroatoms. The SMILES string of the molecule is O=C(NCCS(=O)(=O)c1ccccc1)Nc1ccc(Cl)c(Cl)c1. The molecule has 0 bridgehead atoms. The standard InChI is InChI=1S/C15H14Cl2N2O3S/c16-13-7-6-11(10-14(13)17)19-15(20)18-8-9-23(21,22)12-4-2-1-3-5-12/h1-7,10H,8-9H2,(H2,18,19,20). The summed E-state index contributed by atoms with van der Waals surface area (Å²) in [5, 5.41) is 5.73. The van der Waals surface area contributed by atoms with Gasteiger partial charge in [-0.05, 0) is 30.3 Å². The van der Waals surface area contributed by atoms with Crippen LogP contribution in [0, 0.1) is 0 Å². The number of halogens is 2. The number of nitrogens with one attached hydrogen (secondary N) is 2. The molecule has 0 radical (unpaired) electrons. The summed E-state index contributed by atoms with van der Waals surface area (Å²) in [4.78, 5) is 12.0. The Morgan fingerprint density at radius 1 is 1.00 bits per heavy atom. The van der Waals surface area contributed by atoms with E-state index >= 15 is 0 Å². The molecule has 0 unspecified atom stereocenters. The van der Waals surface area contributed by atoms with E-state index in [2.05, 4.69) is 10.6 Å². The van der Waals surface area contributed by atoms with Gasteiger partial charge in [0.15, 0.2) is 9.84 Å². The molecule has 122 valence electrons. The van der Waals surface area contributed by atoms with Gasteiger partial charge in [0.1, 0.15) is 0 Å². The van der Waals surface area contributed by atoms with Crippen LogP contribution in [0.4, 0.5) is 10.5 Å². The molecule has 0 spiro atoms. The molecule has 5 nitrogen and oxygen atoms in total. The minimum absolute atomic E-state index is 0.00954. The molecule has 2 N–H and O–H groups in total. The molecule has 2 amide bonds. The summed E-state index contributed by atoms with van der Waals surface area (Å²) >= 11 is 11.6. The average molecular weight is 373 g/mol. The topological polar surface area (TPSA) is 75.3 Å². The number of rotatable bonds is 5. The molecule has 0 heterocycles. The predicted molar refractivity (Wildman–Crippen MR) is 92.0 cm³/mol. The van der Waals surface area contributed by atoms with E-state index in [4.69, 9.17) is 23.2 Å². The van der Waals surface area contributed by atoms with E-state index in [1.165, 1.54) is 18.2 Å². The van der Waals surface area contributed by atoms with E-state index in [0.717, 1.165) is 0 Å². The van der Waals surface area contributed by atoms with Crippen LogP contribution in [0.2, 0.25) is 10.0 Å². The maximum absolute atomic E-state index is 12.1. The average Bonchev–Trinajstić information content (AvgIpc) is 2.52. The maximum atomic E-state index is 12.1. The minimum Gasteiger partial charge on any atom is -0.337 e. The lowest BCUT2D eigenvalue weighted by Gasteiger charge is -2.09. The fourth-order valence-corrected chi connectivity index (χ4v) is 3.27. The fraction of sp³-hybridized carbons (Fsp3) is 0.133. The number of anilines is 1. The van der Waals surface area contributed by atoms with Crippen molar-refractivity contribution in [3.63, 3.8) is 0 Å². The quantitative estimate of drug-likeness (QED) is 0.841. The Labute approximate surface area is 144 Å². The van der Waals surface area contributed by atoms with Gasteiger partial charge in [-0.3, -0.25) is 0 Å². The zero-order valence-corrected chi connectivity index (χ0v) is 14.3. The van der Waals surface area contributed by atoms with Gasteiger partial charge in [0.25, 0.3) is 0 Å². The summed E-state index contributed by atoms with van der Waals surface area (Å²) in [6.45, 7) is -0.00954. The zero-order valence-electron chi connectivity index (χ0n) is 11.9. The van der Waals surface area contributed by atoms with Crippen molar-refractivity contribution in [1.82, 2.24) is 5.32 Å². The smallest absolute Gasteiger partial charge is 0.319 e. The van der Waals surface area contributed by atoms with Crippen LogP contribution in [0.1, 0.15) is 0 Å². The van der Waals surface area contributed by atoms with Crippen molar-refractivity contribution in [2.24, 2.45) is 0 Å². The minimum atomic E-state index is -3.42. The van der Waals surface area contributed by atoms with Crippen LogP contribution in [0.15, 0.2) is 53.4 Å². The summed E-state index contributed by atoms with van der Waals surface area (Å²) in [7, 11) is -3.42. The van der Waals surface area contributed by atoms with E-state index in [9.17, 15) is 13.2 Å². The molecule has 0 aliphatic carbocycles. The zero-order chi connectivity index (χ0) is 16.9. The first-order valence-electron chi connectivity index (χ1n) is 6.66. The summed E-state index contributed by atoms with van der Waals surface area (Å²) in [5.41, 5.74) is 0.461. The van der Waals surface area contributed by atoms with Crippen molar-refractivity contribution in [2.45, 2.75) is 4.90 Å². The summed E-state index contributed by atoms with van der Waals surface area (Å²) in [6.07, 6.45) is 0. The predicted octanol–water partition coefficient (Wildman–Crippen LogP) is 3.59. The van der Waals surface area contributed by atoms with Gasteiger partial charge in [0, 0.05) is 12.2 Å². The van der Waals surface area contributed by atoms with Crippen LogP contribution in [-0.4, -0.2) is 26.7 Å². The third-order valence-electron chi connectivity index (χ3n) is 2.94.